The Morgan fingerprint density at radius 2 is 1.68 bits per heavy atom. The molecule has 0 unspecified atom stereocenters. The first-order valence-corrected chi connectivity index (χ1v) is 8.47. The van der Waals surface area contributed by atoms with Gasteiger partial charge in [-0.05, 0) is 38.5 Å². The van der Waals surface area contributed by atoms with Crippen molar-refractivity contribution in [1.29, 1.82) is 0 Å². The molecule has 0 aliphatic rings. The molecule has 6 heteroatoms. The van der Waals surface area contributed by atoms with Crippen LogP contribution in [0.2, 0.25) is 0 Å². The molecule has 0 aromatic heterocycles. The number of guanidine groups is 1. The summed E-state index contributed by atoms with van der Waals surface area (Å²) in [4.78, 5) is 16.1. The van der Waals surface area contributed by atoms with Gasteiger partial charge >= 0.3 is 0 Å². The zero-order chi connectivity index (χ0) is 19.1. The first kappa shape index (κ1) is 20.8. The van der Waals surface area contributed by atoms with Crippen LogP contribution in [0.5, 0.6) is 5.75 Å². The van der Waals surface area contributed by atoms with Crippen molar-refractivity contribution in [2.75, 3.05) is 27.2 Å². The molecule has 0 bridgehead atoms. The van der Waals surface area contributed by atoms with Crippen molar-refractivity contribution in [2.45, 2.75) is 45.6 Å². The predicted octanol–water partition coefficient (Wildman–Crippen LogP) is 2.05. The van der Waals surface area contributed by atoms with E-state index < -0.39 is 0 Å². The van der Waals surface area contributed by atoms with E-state index in [1.165, 1.54) is 5.56 Å². The average Bonchev–Trinajstić information content (AvgIpc) is 2.53. The van der Waals surface area contributed by atoms with Gasteiger partial charge < -0.3 is 20.7 Å². The van der Waals surface area contributed by atoms with Crippen molar-refractivity contribution in [2.24, 2.45) is 4.99 Å². The molecule has 1 amide bonds. The molecule has 0 saturated carbocycles. The molecule has 1 aromatic carbocycles. The van der Waals surface area contributed by atoms with E-state index in [9.17, 15) is 4.79 Å². The molecule has 0 atom stereocenters. The molecule has 3 N–H and O–H groups in total. The molecule has 1 rings (SSSR count). The van der Waals surface area contributed by atoms with Crippen LogP contribution in [0.15, 0.2) is 29.3 Å². The number of ether oxygens (including phenoxy) is 1. The van der Waals surface area contributed by atoms with Crippen molar-refractivity contribution in [3.8, 4) is 5.75 Å². The Kier molecular flexibility index (Phi) is 7.27. The molecular formula is C19H32N4O2. The highest BCUT2D eigenvalue weighted by atomic mass is 16.5. The van der Waals surface area contributed by atoms with Crippen LogP contribution in [0.4, 0.5) is 0 Å². The number of carbonyl (C=O) groups excluding carboxylic acids is 1. The number of hydrogen-bond acceptors (Lipinski definition) is 3. The highest BCUT2D eigenvalue weighted by Gasteiger charge is 2.21. The number of carbonyl (C=O) groups is 1. The van der Waals surface area contributed by atoms with E-state index in [0.29, 0.717) is 12.5 Å². The third kappa shape index (κ3) is 7.45. The average molecular weight is 348 g/mol. The van der Waals surface area contributed by atoms with Gasteiger partial charge in [0.05, 0.1) is 13.7 Å². The smallest absolute Gasteiger partial charge is 0.239 e. The Morgan fingerprint density at radius 1 is 1.08 bits per heavy atom. The number of methoxy groups -OCH3 is 1. The number of nitrogens with zero attached hydrogens (tertiary/aromatic N) is 1. The molecule has 0 spiro atoms. The zero-order valence-corrected chi connectivity index (χ0v) is 16.5. The number of amides is 1. The topological polar surface area (TPSA) is 74.8 Å². The molecule has 0 fully saturated rings. The van der Waals surface area contributed by atoms with Gasteiger partial charge in [-0.25, -0.2) is 0 Å². The molecule has 0 saturated heterocycles. The number of aliphatic imine (C=N–C) groups is 1. The Balaban J connectivity index is 2.56. The van der Waals surface area contributed by atoms with E-state index in [0.717, 1.165) is 5.75 Å². The minimum Gasteiger partial charge on any atom is -0.497 e. The Labute approximate surface area is 151 Å². The van der Waals surface area contributed by atoms with E-state index >= 15 is 0 Å². The standard InChI is InChI=1S/C19H32N4O2/c1-18(2,3)23-16(24)12-21-17(20-6)22-13-19(4,5)14-8-10-15(25-7)11-9-14/h8-11H,12-13H2,1-7H3,(H,23,24)(H2,20,21,22). The molecule has 1 aromatic rings. The van der Waals surface area contributed by atoms with Gasteiger partial charge in [0.1, 0.15) is 5.75 Å². The quantitative estimate of drug-likeness (QED) is 0.543. The molecule has 0 heterocycles. The van der Waals surface area contributed by atoms with Crippen molar-refractivity contribution in [3.05, 3.63) is 29.8 Å². The second-order valence-electron chi connectivity index (χ2n) is 7.69. The summed E-state index contributed by atoms with van der Waals surface area (Å²) in [6.07, 6.45) is 0. The summed E-state index contributed by atoms with van der Waals surface area (Å²) in [5.74, 6) is 1.38. The number of hydrogen-bond donors (Lipinski definition) is 3. The van der Waals surface area contributed by atoms with Crippen LogP contribution >= 0.6 is 0 Å². The maximum atomic E-state index is 11.9. The van der Waals surface area contributed by atoms with E-state index in [4.69, 9.17) is 4.74 Å². The van der Waals surface area contributed by atoms with Crippen molar-refractivity contribution in [1.82, 2.24) is 16.0 Å². The lowest BCUT2D eigenvalue weighted by Crippen LogP contribution is -2.49. The van der Waals surface area contributed by atoms with Crippen LogP contribution in [0.1, 0.15) is 40.2 Å². The molecule has 6 nitrogen and oxygen atoms in total. The van der Waals surface area contributed by atoms with Gasteiger partial charge in [0, 0.05) is 24.5 Å². The Bertz CT molecular complexity index is 586. The van der Waals surface area contributed by atoms with Gasteiger partial charge in [0.25, 0.3) is 0 Å². The van der Waals surface area contributed by atoms with Gasteiger partial charge in [-0.1, -0.05) is 26.0 Å². The summed E-state index contributed by atoms with van der Waals surface area (Å²) >= 11 is 0. The fourth-order valence-corrected chi connectivity index (χ4v) is 2.30. The Morgan fingerprint density at radius 3 is 2.16 bits per heavy atom. The van der Waals surface area contributed by atoms with E-state index in [-0.39, 0.29) is 23.4 Å². The fraction of sp³-hybridized carbons (Fsp3) is 0.579. The Hall–Kier alpha value is -2.24. The van der Waals surface area contributed by atoms with Crippen LogP contribution in [0, 0.1) is 0 Å². The largest absolute Gasteiger partial charge is 0.497 e. The summed E-state index contributed by atoms with van der Waals surface area (Å²) < 4.78 is 5.20. The third-order valence-electron chi connectivity index (χ3n) is 3.72. The molecule has 0 radical (unpaired) electrons. The van der Waals surface area contributed by atoms with Gasteiger partial charge in [0.2, 0.25) is 5.91 Å². The van der Waals surface area contributed by atoms with Crippen molar-refractivity contribution < 1.29 is 9.53 Å². The van der Waals surface area contributed by atoms with Crippen LogP contribution in [0.3, 0.4) is 0 Å². The lowest BCUT2D eigenvalue weighted by molar-refractivity contribution is -0.121. The van der Waals surface area contributed by atoms with Crippen molar-refractivity contribution in [3.63, 3.8) is 0 Å². The van der Waals surface area contributed by atoms with Crippen LogP contribution in [-0.4, -0.2) is 44.7 Å². The molecule has 0 aliphatic carbocycles. The second kappa shape index (κ2) is 8.74. The summed E-state index contributed by atoms with van der Waals surface area (Å²) in [6.45, 7) is 11.0. The summed E-state index contributed by atoms with van der Waals surface area (Å²) in [5, 5.41) is 9.24. The molecule has 0 aliphatic heterocycles. The summed E-state index contributed by atoms with van der Waals surface area (Å²) in [5.41, 5.74) is 0.852. The predicted molar refractivity (Wildman–Crippen MR) is 103 cm³/mol. The third-order valence-corrected chi connectivity index (χ3v) is 3.72. The summed E-state index contributed by atoms with van der Waals surface area (Å²) in [6, 6.07) is 8.04. The van der Waals surface area contributed by atoms with Gasteiger partial charge in [-0.15, -0.1) is 0 Å². The zero-order valence-electron chi connectivity index (χ0n) is 16.5. The lowest BCUT2D eigenvalue weighted by Gasteiger charge is -2.27. The van der Waals surface area contributed by atoms with Crippen LogP contribution in [0.25, 0.3) is 0 Å². The van der Waals surface area contributed by atoms with E-state index in [1.807, 2.05) is 32.9 Å². The highest BCUT2D eigenvalue weighted by Crippen LogP contribution is 2.24. The number of benzene rings is 1. The van der Waals surface area contributed by atoms with Gasteiger partial charge in [0.15, 0.2) is 5.96 Å². The van der Waals surface area contributed by atoms with Gasteiger partial charge in [-0.2, -0.15) is 0 Å². The number of nitrogens with one attached hydrogen (secondary N) is 3. The van der Waals surface area contributed by atoms with Crippen LogP contribution in [-0.2, 0) is 10.2 Å². The van der Waals surface area contributed by atoms with Crippen LogP contribution < -0.4 is 20.7 Å². The normalized spacial score (nSPS) is 12.5. The second-order valence-corrected chi connectivity index (χ2v) is 7.69. The molecular weight excluding hydrogens is 316 g/mol. The minimum absolute atomic E-state index is 0.0649. The summed E-state index contributed by atoms with van der Waals surface area (Å²) in [7, 11) is 3.35. The van der Waals surface area contributed by atoms with E-state index in [2.05, 4.69) is 46.9 Å². The fourth-order valence-electron chi connectivity index (χ4n) is 2.30. The SMILES string of the molecule is CN=C(NCC(=O)NC(C)(C)C)NCC(C)(C)c1ccc(OC)cc1. The van der Waals surface area contributed by atoms with Crippen molar-refractivity contribution >= 4 is 11.9 Å². The lowest BCUT2D eigenvalue weighted by atomic mass is 9.84. The molecule has 140 valence electrons. The maximum Gasteiger partial charge on any atom is 0.239 e. The van der Waals surface area contributed by atoms with Gasteiger partial charge in [-0.3, -0.25) is 9.79 Å². The van der Waals surface area contributed by atoms with E-state index in [1.54, 1.807) is 14.2 Å². The maximum absolute atomic E-state index is 11.9. The highest BCUT2D eigenvalue weighted by molar-refractivity contribution is 5.86. The molecule has 25 heavy (non-hydrogen) atoms. The number of rotatable bonds is 6. The minimum atomic E-state index is -0.244. The first-order valence-electron chi connectivity index (χ1n) is 8.47. The monoisotopic (exact) mass is 348 g/mol. The first-order chi connectivity index (χ1) is 11.6.